The van der Waals surface area contributed by atoms with Gasteiger partial charge in [0.15, 0.2) is 0 Å². The van der Waals surface area contributed by atoms with Gasteiger partial charge in [0, 0.05) is 10.0 Å². The highest BCUT2D eigenvalue weighted by atomic mass is 35.5. The normalized spacial score (nSPS) is 21.3. The predicted octanol–water partition coefficient (Wildman–Crippen LogP) is 0.868. The number of hydrogen-bond acceptors (Lipinski definition) is 2. The van der Waals surface area contributed by atoms with E-state index >= 15 is 0 Å². The monoisotopic (exact) mass is 413 g/mol. The van der Waals surface area contributed by atoms with Crippen LogP contribution in [0.1, 0.15) is 16.5 Å². The van der Waals surface area contributed by atoms with Gasteiger partial charge >= 0.3 is 0 Å². The largest absolute Gasteiger partial charge is 0.349 e. The molecular weight excluding hydrogens is 389 g/mol. The Bertz CT molecular complexity index is 710. The second-order valence-corrected chi connectivity index (χ2v) is 8.66. The quantitative estimate of drug-likeness (QED) is 0.645. The molecule has 26 heavy (non-hydrogen) atoms. The van der Waals surface area contributed by atoms with E-state index in [1.54, 1.807) is 39.3 Å². The zero-order valence-corrected chi connectivity index (χ0v) is 17.2. The van der Waals surface area contributed by atoms with Gasteiger partial charge in [0.05, 0.1) is 24.9 Å². The molecule has 1 aromatic heterocycles. The minimum Gasteiger partial charge on any atom is -0.349 e. The van der Waals surface area contributed by atoms with Gasteiger partial charge in [0.2, 0.25) is 5.91 Å². The van der Waals surface area contributed by atoms with Crippen LogP contribution in [0.2, 0.25) is 10.0 Å². The number of benzene rings is 1. The highest BCUT2D eigenvalue weighted by Gasteiger charge is 2.30. The molecule has 1 saturated heterocycles. The first-order chi connectivity index (χ1) is 12.5. The molecule has 2 aromatic rings. The Morgan fingerprint density at radius 2 is 1.85 bits per heavy atom. The molecule has 1 atom stereocenters. The Kier molecular flexibility index (Phi) is 6.95. The fourth-order valence-electron chi connectivity index (χ4n) is 3.42. The van der Waals surface area contributed by atoms with Crippen molar-refractivity contribution < 1.29 is 14.6 Å². The number of carbonyl (C=O) groups excluding carboxylic acids is 1. The SMILES string of the molecule is C[NH+]1CC[NH+]([C@@H](CNC(=O)Cc2c(Cl)cccc2Cl)c2cccs2)CC1. The van der Waals surface area contributed by atoms with Gasteiger partial charge in [0.25, 0.3) is 0 Å². The average Bonchev–Trinajstić information content (AvgIpc) is 3.14. The van der Waals surface area contributed by atoms with Gasteiger partial charge in [-0.05, 0) is 29.1 Å². The number of hydrogen-bond donors (Lipinski definition) is 3. The molecule has 1 amide bonds. The summed E-state index contributed by atoms with van der Waals surface area (Å²) >= 11 is 14.1. The minimum absolute atomic E-state index is 0.0410. The van der Waals surface area contributed by atoms with Crippen LogP contribution in [-0.4, -0.2) is 45.7 Å². The molecule has 1 aliphatic rings. The second kappa shape index (κ2) is 9.20. The highest BCUT2D eigenvalue weighted by molar-refractivity contribution is 7.10. The van der Waals surface area contributed by atoms with Crippen LogP contribution in [0.15, 0.2) is 35.7 Å². The second-order valence-electron chi connectivity index (χ2n) is 6.86. The van der Waals surface area contributed by atoms with Crippen molar-refractivity contribution in [1.82, 2.24) is 5.32 Å². The lowest BCUT2D eigenvalue weighted by molar-refractivity contribution is -1.02. The van der Waals surface area contributed by atoms with E-state index in [1.807, 2.05) is 0 Å². The fourth-order valence-corrected chi connectivity index (χ4v) is 4.84. The van der Waals surface area contributed by atoms with Crippen LogP contribution >= 0.6 is 34.5 Å². The van der Waals surface area contributed by atoms with Crippen LogP contribution in [0.5, 0.6) is 0 Å². The molecule has 3 N–H and O–H groups in total. The van der Waals surface area contributed by atoms with Gasteiger partial charge < -0.3 is 15.1 Å². The minimum atomic E-state index is -0.0410. The summed E-state index contributed by atoms with van der Waals surface area (Å²) in [4.78, 5) is 16.9. The third-order valence-electron chi connectivity index (χ3n) is 5.03. The molecule has 4 nitrogen and oxygen atoms in total. The van der Waals surface area contributed by atoms with Crippen molar-refractivity contribution in [3.8, 4) is 0 Å². The molecule has 140 valence electrons. The molecule has 1 fully saturated rings. The third-order valence-corrected chi connectivity index (χ3v) is 6.72. The summed E-state index contributed by atoms with van der Waals surface area (Å²) in [6, 6.07) is 9.87. The van der Waals surface area contributed by atoms with Gasteiger partial charge in [-0.1, -0.05) is 35.3 Å². The van der Waals surface area contributed by atoms with E-state index in [-0.39, 0.29) is 12.3 Å². The summed E-state index contributed by atoms with van der Waals surface area (Å²) in [7, 11) is 2.24. The van der Waals surface area contributed by atoms with E-state index in [4.69, 9.17) is 23.2 Å². The summed E-state index contributed by atoms with van der Waals surface area (Å²) in [5.41, 5.74) is 0.691. The fraction of sp³-hybridized carbons (Fsp3) is 0.421. The van der Waals surface area contributed by atoms with Crippen LogP contribution in [0.3, 0.4) is 0 Å². The summed E-state index contributed by atoms with van der Waals surface area (Å²) in [5, 5.41) is 6.29. The lowest BCUT2D eigenvalue weighted by Gasteiger charge is -2.33. The first-order valence-corrected chi connectivity index (χ1v) is 10.6. The molecule has 0 bridgehead atoms. The Morgan fingerprint density at radius 3 is 2.46 bits per heavy atom. The van der Waals surface area contributed by atoms with Crippen LogP contribution in [-0.2, 0) is 11.2 Å². The molecule has 3 rings (SSSR count). The molecule has 1 aliphatic heterocycles. The summed E-state index contributed by atoms with van der Waals surface area (Å²) in [5.74, 6) is -0.0410. The number of amides is 1. The van der Waals surface area contributed by atoms with E-state index in [0.717, 1.165) is 13.1 Å². The number of nitrogens with one attached hydrogen (secondary N) is 3. The molecular formula is C19H25Cl2N3OS+2. The molecule has 0 unspecified atom stereocenters. The van der Waals surface area contributed by atoms with Gasteiger partial charge in [0.1, 0.15) is 32.2 Å². The lowest BCUT2D eigenvalue weighted by Crippen LogP contribution is -3.27. The number of likely N-dealkylation sites (N-methyl/N-ethyl adjacent to an activating group) is 1. The number of rotatable bonds is 6. The maximum Gasteiger partial charge on any atom is 0.224 e. The first kappa shape index (κ1) is 19.6. The van der Waals surface area contributed by atoms with Gasteiger partial charge in [-0.15, -0.1) is 11.3 Å². The topological polar surface area (TPSA) is 38.0 Å². The predicted molar refractivity (Wildman–Crippen MR) is 108 cm³/mol. The number of carbonyl (C=O) groups is 1. The van der Waals surface area contributed by atoms with Crippen molar-refractivity contribution in [3.05, 3.63) is 56.2 Å². The molecule has 0 aliphatic carbocycles. The van der Waals surface area contributed by atoms with Crippen LogP contribution in [0.4, 0.5) is 0 Å². The smallest absolute Gasteiger partial charge is 0.224 e. The van der Waals surface area contributed by atoms with Crippen LogP contribution < -0.4 is 15.1 Å². The average molecular weight is 414 g/mol. The van der Waals surface area contributed by atoms with E-state index in [2.05, 4.69) is 29.9 Å². The number of thiophene rings is 1. The Morgan fingerprint density at radius 1 is 1.15 bits per heavy atom. The Hall–Kier alpha value is -1.11. The van der Waals surface area contributed by atoms with E-state index in [0.29, 0.717) is 28.2 Å². The van der Waals surface area contributed by atoms with Gasteiger partial charge in [-0.25, -0.2) is 0 Å². The van der Waals surface area contributed by atoms with Crippen molar-refractivity contribution in [2.75, 3.05) is 39.8 Å². The van der Waals surface area contributed by atoms with Crippen LogP contribution in [0.25, 0.3) is 0 Å². The lowest BCUT2D eigenvalue weighted by atomic mass is 10.1. The van der Waals surface area contributed by atoms with Crippen LogP contribution in [0, 0.1) is 0 Å². The summed E-state index contributed by atoms with van der Waals surface area (Å²) in [6.07, 6.45) is 0.206. The maximum atomic E-state index is 12.5. The Labute approximate surface area is 168 Å². The van der Waals surface area contributed by atoms with Crippen molar-refractivity contribution in [2.45, 2.75) is 12.5 Å². The van der Waals surface area contributed by atoms with Crippen molar-refractivity contribution in [3.63, 3.8) is 0 Å². The van der Waals surface area contributed by atoms with E-state index in [1.165, 1.54) is 18.0 Å². The zero-order chi connectivity index (χ0) is 18.5. The molecule has 0 spiro atoms. The number of piperazine rings is 1. The molecule has 0 radical (unpaired) electrons. The standard InChI is InChI=1S/C19H23Cl2N3OS/c1-23-7-9-24(10-8-23)17(18-6-3-11-26-18)13-22-19(25)12-14-15(20)4-2-5-16(14)21/h2-6,11,17H,7-10,12-13H2,1H3,(H,22,25)/p+2/t17-/m0/s1. The molecule has 7 heteroatoms. The van der Waals surface area contributed by atoms with Crippen molar-refractivity contribution >= 4 is 40.4 Å². The maximum absolute atomic E-state index is 12.5. The van der Waals surface area contributed by atoms with E-state index in [9.17, 15) is 4.79 Å². The number of quaternary nitrogens is 2. The highest BCUT2D eigenvalue weighted by Crippen LogP contribution is 2.24. The van der Waals surface area contributed by atoms with Crippen molar-refractivity contribution in [2.24, 2.45) is 0 Å². The Balaban J connectivity index is 1.63. The zero-order valence-electron chi connectivity index (χ0n) is 14.9. The molecule has 0 saturated carbocycles. The van der Waals surface area contributed by atoms with Crippen molar-refractivity contribution in [1.29, 1.82) is 0 Å². The van der Waals surface area contributed by atoms with Gasteiger partial charge in [-0.3, -0.25) is 4.79 Å². The third kappa shape index (κ3) is 4.99. The summed E-state index contributed by atoms with van der Waals surface area (Å²) < 4.78 is 0. The summed E-state index contributed by atoms with van der Waals surface area (Å²) in [6.45, 7) is 5.22. The first-order valence-electron chi connectivity index (χ1n) is 8.93. The number of halogens is 2. The molecule has 1 aromatic carbocycles. The van der Waals surface area contributed by atoms with E-state index < -0.39 is 0 Å². The van der Waals surface area contributed by atoms with Gasteiger partial charge in [-0.2, -0.15) is 0 Å². The molecule has 2 heterocycles.